The summed E-state index contributed by atoms with van der Waals surface area (Å²) in [6, 6.07) is 5.96. The number of fused-ring (bicyclic) bond motifs is 1. The van der Waals surface area contributed by atoms with Gasteiger partial charge in [0, 0.05) is 39.3 Å². The van der Waals surface area contributed by atoms with Crippen molar-refractivity contribution in [2.75, 3.05) is 39.5 Å². The molecule has 0 saturated carbocycles. The van der Waals surface area contributed by atoms with Gasteiger partial charge in [-0.1, -0.05) is 19.9 Å². The Balaban J connectivity index is 1.47. The van der Waals surface area contributed by atoms with Crippen molar-refractivity contribution in [1.82, 2.24) is 15.1 Å². The SMILES string of the molecule is CC(C)CNC(=O)C(=O)N1CCN(Cc2ccc3c(c2)OCO3)CC1. The number of carbonyl (C=O) groups is 2. The Labute approximate surface area is 147 Å². The number of hydrogen-bond donors (Lipinski definition) is 1. The van der Waals surface area contributed by atoms with Crippen molar-refractivity contribution in [3.63, 3.8) is 0 Å². The summed E-state index contributed by atoms with van der Waals surface area (Å²) in [6.45, 7) is 8.22. The number of amides is 2. The molecule has 0 aliphatic carbocycles. The number of hydrogen-bond acceptors (Lipinski definition) is 5. The lowest BCUT2D eigenvalue weighted by Gasteiger charge is -2.34. The molecule has 7 heteroatoms. The summed E-state index contributed by atoms with van der Waals surface area (Å²) in [7, 11) is 0. The molecule has 2 aliphatic heterocycles. The second-order valence-corrected chi connectivity index (χ2v) is 6.86. The third-order valence-electron chi connectivity index (χ3n) is 4.37. The Bertz CT molecular complexity index is 639. The molecule has 2 aliphatic rings. The Morgan fingerprint density at radius 1 is 1.12 bits per heavy atom. The highest BCUT2D eigenvalue weighted by molar-refractivity contribution is 6.35. The van der Waals surface area contributed by atoms with Crippen molar-refractivity contribution >= 4 is 11.8 Å². The predicted molar refractivity (Wildman–Crippen MR) is 92.3 cm³/mol. The van der Waals surface area contributed by atoms with E-state index < -0.39 is 11.8 Å². The molecule has 0 atom stereocenters. The maximum absolute atomic E-state index is 12.2. The Morgan fingerprint density at radius 3 is 2.56 bits per heavy atom. The van der Waals surface area contributed by atoms with Crippen molar-refractivity contribution in [1.29, 1.82) is 0 Å². The summed E-state index contributed by atoms with van der Waals surface area (Å²) in [6.07, 6.45) is 0. The highest BCUT2D eigenvalue weighted by Gasteiger charge is 2.26. The van der Waals surface area contributed by atoms with Gasteiger partial charge in [-0.05, 0) is 23.6 Å². The van der Waals surface area contributed by atoms with Crippen LogP contribution in [0.2, 0.25) is 0 Å². The van der Waals surface area contributed by atoms with E-state index in [0.29, 0.717) is 25.6 Å². The zero-order valence-corrected chi connectivity index (χ0v) is 14.8. The van der Waals surface area contributed by atoms with E-state index >= 15 is 0 Å². The average molecular weight is 347 g/mol. The van der Waals surface area contributed by atoms with E-state index in [4.69, 9.17) is 9.47 Å². The van der Waals surface area contributed by atoms with Crippen molar-refractivity contribution in [3.8, 4) is 11.5 Å². The summed E-state index contributed by atoms with van der Waals surface area (Å²) >= 11 is 0. The van der Waals surface area contributed by atoms with Gasteiger partial charge in [0.15, 0.2) is 11.5 Å². The van der Waals surface area contributed by atoms with Gasteiger partial charge in [0.25, 0.3) is 0 Å². The van der Waals surface area contributed by atoms with Gasteiger partial charge in [-0.15, -0.1) is 0 Å². The molecule has 0 radical (unpaired) electrons. The Morgan fingerprint density at radius 2 is 1.84 bits per heavy atom. The van der Waals surface area contributed by atoms with E-state index in [1.807, 2.05) is 32.0 Å². The van der Waals surface area contributed by atoms with Crippen molar-refractivity contribution in [2.45, 2.75) is 20.4 Å². The summed E-state index contributed by atoms with van der Waals surface area (Å²) < 4.78 is 10.7. The quantitative estimate of drug-likeness (QED) is 0.817. The van der Waals surface area contributed by atoms with Crippen LogP contribution < -0.4 is 14.8 Å². The maximum Gasteiger partial charge on any atom is 0.311 e. The van der Waals surface area contributed by atoms with Crippen LogP contribution >= 0.6 is 0 Å². The van der Waals surface area contributed by atoms with Gasteiger partial charge >= 0.3 is 11.8 Å². The van der Waals surface area contributed by atoms with Gasteiger partial charge in [0.1, 0.15) is 0 Å². The second kappa shape index (κ2) is 7.74. The number of nitrogens with zero attached hydrogens (tertiary/aromatic N) is 2. The minimum Gasteiger partial charge on any atom is -0.454 e. The van der Waals surface area contributed by atoms with Crippen LogP contribution in [0.25, 0.3) is 0 Å². The minimum absolute atomic E-state index is 0.276. The van der Waals surface area contributed by atoms with Crippen molar-refractivity contribution < 1.29 is 19.1 Å². The summed E-state index contributed by atoms with van der Waals surface area (Å²) in [5.41, 5.74) is 1.15. The molecular weight excluding hydrogens is 322 g/mol. The molecule has 0 aromatic heterocycles. The van der Waals surface area contributed by atoms with Crippen LogP contribution in [-0.4, -0.2) is 61.1 Å². The summed E-state index contributed by atoms with van der Waals surface area (Å²) in [5, 5.41) is 2.68. The first-order chi connectivity index (χ1) is 12.0. The van der Waals surface area contributed by atoms with Gasteiger partial charge in [-0.25, -0.2) is 0 Å². The lowest BCUT2D eigenvalue weighted by Crippen LogP contribution is -2.52. The molecule has 0 bridgehead atoms. The first-order valence-electron chi connectivity index (χ1n) is 8.71. The largest absolute Gasteiger partial charge is 0.454 e. The number of rotatable bonds is 4. The van der Waals surface area contributed by atoms with Crippen LogP contribution in [0.1, 0.15) is 19.4 Å². The zero-order chi connectivity index (χ0) is 17.8. The van der Waals surface area contributed by atoms with E-state index in [1.165, 1.54) is 0 Å². The lowest BCUT2D eigenvalue weighted by atomic mass is 10.1. The van der Waals surface area contributed by atoms with Gasteiger partial charge in [-0.2, -0.15) is 0 Å². The number of piperazine rings is 1. The molecule has 2 heterocycles. The molecule has 1 aromatic carbocycles. The normalized spacial score (nSPS) is 17.0. The lowest BCUT2D eigenvalue weighted by molar-refractivity contribution is -0.147. The number of benzene rings is 1. The number of carbonyl (C=O) groups excluding carboxylic acids is 2. The van der Waals surface area contributed by atoms with Crippen LogP contribution in [0.15, 0.2) is 18.2 Å². The highest BCUT2D eigenvalue weighted by atomic mass is 16.7. The van der Waals surface area contributed by atoms with Crippen LogP contribution in [0.4, 0.5) is 0 Å². The monoisotopic (exact) mass is 347 g/mol. The molecule has 2 amide bonds. The molecule has 25 heavy (non-hydrogen) atoms. The van der Waals surface area contributed by atoms with Gasteiger partial charge in [0.05, 0.1) is 0 Å². The van der Waals surface area contributed by atoms with Gasteiger partial charge in [0.2, 0.25) is 6.79 Å². The average Bonchev–Trinajstić information content (AvgIpc) is 3.07. The molecule has 1 aromatic rings. The van der Waals surface area contributed by atoms with Crippen molar-refractivity contribution in [3.05, 3.63) is 23.8 Å². The van der Waals surface area contributed by atoms with Crippen LogP contribution in [0.3, 0.4) is 0 Å². The summed E-state index contributed by atoms with van der Waals surface area (Å²) in [4.78, 5) is 28.0. The molecule has 136 valence electrons. The fourth-order valence-corrected chi connectivity index (χ4v) is 2.92. The molecule has 0 spiro atoms. The van der Waals surface area contributed by atoms with Crippen LogP contribution in [0.5, 0.6) is 11.5 Å². The van der Waals surface area contributed by atoms with Gasteiger partial charge < -0.3 is 19.7 Å². The molecule has 1 fully saturated rings. The number of nitrogens with one attached hydrogen (secondary N) is 1. The molecular formula is C18H25N3O4. The fourth-order valence-electron chi connectivity index (χ4n) is 2.92. The highest BCUT2D eigenvalue weighted by Crippen LogP contribution is 2.32. The predicted octanol–water partition coefficient (Wildman–Crippen LogP) is 0.832. The maximum atomic E-state index is 12.2. The van der Waals surface area contributed by atoms with E-state index in [2.05, 4.69) is 10.2 Å². The van der Waals surface area contributed by atoms with E-state index in [0.717, 1.165) is 36.7 Å². The van der Waals surface area contributed by atoms with E-state index in [1.54, 1.807) is 4.90 Å². The molecule has 7 nitrogen and oxygen atoms in total. The molecule has 0 unspecified atom stereocenters. The standard InChI is InChI=1S/C18H25N3O4/c1-13(2)10-19-17(22)18(23)21-7-5-20(6-8-21)11-14-3-4-15-16(9-14)25-12-24-15/h3-4,9,13H,5-8,10-12H2,1-2H3,(H,19,22). The first-order valence-corrected chi connectivity index (χ1v) is 8.71. The smallest absolute Gasteiger partial charge is 0.311 e. The van der Waals surface area contributed by atoms with E-state index in [-0.39, 0.29) is 6.79 Å². The third kappa shape index (κ3) is 4.42. The molecule has 1 saturated heterocycles. The van der Waals surface area contributed by atoms with Gasteiger partial charge in [-0.3, -0.25) is 14.5 Å². The van der Waals surface area contributed by atoms with E-state index in [9.17, 15) is 9.59 Å². The first kappa shape index (κ1) is 17.5. The summed E-state index contributed by atoms with van der Waals surface area (Å²) in [5.74, 6) is 0.969. The second-order valence-electron chi connectivity index (χ2n) is 6.86. The van der Waals surface area contributed by atoms with Crippen LogP contribution in [0, 0.1) is 5.92 Å². The topological polar surface area (TPSA) is 71.1 Å². The number of ether oxygens (including phenoxy) is 2. The fraction of sp³-hybridized carbons (Fsp3) is 0.556. The Hall–Kier alpha value is -2.28. The molecule has 1 N–H and O–H groups in total. The zero-order valence-electron chi connectivity index (χ0n) is 14.8. The molecule has 3 rings (SSSR count). The van der Waals surface area contributed by atoms with Crippen LogP contribution in [-0.2, 0) is 16.1 Å². The minimum atomic E-state index is -0.502. The Kier molecular flexibility index (Phi) is 5.43. The third-order valence-corrected chi connectivity index (χ3v) is 4.37. The van der Waals surface area contributed by atoms with Crippen molar-refractivity contribution in [2.24, 2.45) is 5.92 Å².